The number of likely N-dealkylation sites (tertiary alicyclic amines) is 2. The van der Waals surface area contributed by atoms with Crippen molar-refractivity contribution in [3.8, 4) is 0 Å². The van der Waals surface area contributed by atoms with E-state index in [1.165, 1.54) is 23.8 Å². The minimum atomic E-state index is -0.149. The van der Waals surface area contributed by atoms with Gasteiger partial charge in [-0.3, -0.25) is 9.59 Å². The Morgan fingerprint density at radius 1 is 1.12 bits per heavy atom. The molecule has 2 aromatic rings. The standard InChI is InChI=1S/C21H27N3O2/c25-20-13-17(21(26)23-10-5-1-2-6-11-23)15-24(20)12-9-16-14-22-19-8-4-3-7-18(16)19/h3-4,7-8,14,17,22H,1-2,5-6,9-13,15H2. The molecule has 5 heteroatoms. The SMILES string of the molecule is O=C1CC(C(=O)N2CCCCCC2)CN1CCc1c[nH]c2ccccc12. The molecule has 2 amide bonds. The number of nitrogens with one attached hydrogen (secondary N) is 1. The zero-order valence-corrected chi connectivity index (χ0v) is 15.2. The number of carbonyl (C=O) groups excluding carboxylic acids is 2. The summed E-state index contributed by atoms with van der Waals surface area (Å²) < 4.78 is 0. The van der Waals surface area contributed by atoms with Crippen LogP contribution in [0.25, 0.3) is 10.9 Å². The van der Waals surface area contributed by atoms with Gasteiger partial charge in [0.05, 0.1) is 5.92 Å². The number of carbonyl (C=O) groups is 2. The topological polar surface area (TPSA) is 56.4 Å². The van der Waals surface area contributed by atoms with Crippen molar-refractivity contribution in [2.45, 2.75) is 38.5 Å². The van der Waals surface area contributed by atoms with Crippen LogP contribution < -0.4 is 0 Å². The minimum absolute atomic E-state index is 0.123. The molecule has 5 nitrogen and oxygen atoms in total. The lowest BCUT2D eigenvalue weighted by atomic mass is 10.1. The molecule has 0 bridgehead atoms. The Morgan fingerprint density at radius 3 is 2.69 bits per heavy atom. The second-order valence-corrected chi connectivity index (χ2v) is 7.59. The maximum absolute atomic E-state index is 12.8. The largest absolute Gasteiger partial charge is 0.361 e. The van der Waals surface area contributed by atoms with E-state index in [9.17, 15) is 9.59 Å². The van der Waals surface area contributed by atoms with E-state index in [1.807, 2.05) is 28.1 Å². The average Bonchev–Trinajstić information content (AvgIpc) is 3.12. The number of hydrogen-bond donors (Lipinski definition) is 1. The molecule has 26 heavy (non-hydrogen) atoms. The van der Waals surface area contributed by atoms with Gasteiger partial charge in [0.1, 0.15) is 0 Å². The molecule has 0 saturated carbocycles. The van der Waals surface area contributed by atoms with Crippen LogP contribution in [0.3, 0.4) is 0 Å². The molecule has 138 valence electrons. The molecule has 0 aliphatic carbocycles. The first-order chi connectivity index (χ1) is 12.7. The highest BCUT2D eigenvalue weighted by Gasteiger charge is 2.36. The monoisotopic (exact) mass is 353 g/mol. The van der Waals surface area contributed by atoms with Gasteiger partial charge in [-0.2, -0.15) is 0 Å². The number of benzene rings is 1. The molecule has 1 unspecified atom stereocenters. The Balaban J connectivity index is 1.36. The quantitative estimate of drug-likeness (QED) is 0.919. The van der Waals surface area contributed by atoms with Gasteiger partial charge in [-0.25, -0.2) is 0 Å². The molecule has 1 N–H and O–H groups in total. The number of H-pyrrole nitrogens is 1. The van der Waals surface area contributed by atoms with Crippen LogP contribution in [0, 0.1) is 5.92 Å². The van der Waals surface area contributed by atoms with Crippen molar-refractivity contribution in [1.82, 2.24) is 14.8 Å². The molecule has 1 aromatic heterocycles. The number of para-hydroxylation sites is 1. The Morgan fingerprint density at radius 2 is 1.88 bits per heavy atom. The number of nitrogens with zero attached hydrogens (tertiary/aromatic N) is 2. The van der Waals surface area contributed by atoms with Gasteiger partial charge in [-0.05, 0) is 30.9 Å². The van der Waals surface area contributed by atoms with Gasteiger partial charge in [-0.1, -0.05) is 31.0 Å². The second kappa shape index (κ2) is 7.52. The highest BCUT2D eigenvalue weighted by Crippen LogP contribution is 2.24. The van der Waals surface area contributed by atoms with Crippen LogP contribution in [0.4, 0.5) is 0 Å². The summed E-state index contributed by atoms with van der Waals surface area (Å²) in [5.41, 5.74) is 2.36. The van der Waals surface area contributed by atoms with E-state index in [0.29, 0.717) is 19.5 Å². The van der Waals surface area contributed by atoms with E-state index in [1.54, 1.807) is 0 Å². The molecule has 1 aromatic carbocycles. The molecule has 3 heterocycles. The lowest BCUT2D eigenvalue weighted by molar-refractivity contribution is -0.135. The number of rotatable bonds is 4. The lowest BCUT2D eigenvalue weighted by Gasteiger charge is -2.24. The fourth-order valence-corrected chi connectivity index (χ4v) is 4.30. The van der Waals surface area contributed by atoms with E-state index < -0.39 is 0 Å². The van der Waals surface area contributed by atoms with Gasteiger partial charge in [-0.15, -0.1) is 0 Å². The van der Waals surface area contributed by atoms with Crippen LogP contribution in [0.15, 0.2) is 30.5 Å². The van der Waals surface area contributed by atoms with Crippen molar-refractivity contribution >= 4 is 22.7 Å². The first-order valence-corrected chi connectivity index (χ1v) is 9.84. The normalized spacial score (nSPS) is 21.4. The Labute approximate surface area is 154 Å². The van der Waals surface area contributed by atoms with Crippen LogP contribution in [0.2, 0.25) is 0 Å². The summed E-state index contributed by atoms with van der Waals surface area (Å²) in [4.78, 5) is 32.4. The molecule has 2 aliphatic heterocycles. The molecule has 1 atom stereocenters. The Kier molecular flexibility index (Phi) is 4.96. The molecular weight excluding hydrogens is 326 g/mol. The highest BCUT2D eigenvalue weighted by atomic mass is 16.2. The first kappa shape index (κ1) is 17.1. The van der Waals surface area contributed by atoms with E-state index in [-0.39, 0.29) is 17.7 Å². The zero-order valence-electron chi connectivity index (χ0n) is 15.2. The fourth-order valence-electron chi connectivity index (χ4n) is 4.30. The van der Waals surface area contributed by atoms with E-state index >= 15 is 0 Å². The number of hydrogen-bond acceptors (Lipinski definition) is 2. The maximum Gasteiger partial charge on any atom is 0.227 e. The Bertz CT molecular complexity index is 789. The van der Waals surface area contributed by atoms with Gasteiger partial charge >= 0.3 is 0 Å². The molecule has 0 radical (unpaired) electrons. The Hall–Kier alpha value is -2.30. The van der Waals surface area contributed by atoms with Crippen molar-refractivity contribution < 1.29 is 9.59 Å². The van der Waals surface area contributed by atoms with Crippen molar-refractivity contribution in [1.29, 1.82) is 0 Å². The molecule has 0 spiro atoms. The smallest absolute Gasteiger partial charge is 0.227 e. The van der Waals surface area contributed by atoms with E-state index in [2.05, 4.69) is 17.1 Å². The molecule has 2 saturated heterocycles. The van der Waals surface area contributed by atoms with E-state index in [4.69, 9.17) is 0 Å². The zero-order chi connectivity index (χ0) is 17.9. The van der Waals surface area contributed by atoms with Gasteiger partial charge in [0.25, 0.3) is 0 Å². The van der Waals surface area contributed by atoms with Crippen molar-refractivity contribution in [2.75, 3.05) is 26.2 Å². The first-order valence-electron chi connectivity index (χ1n) is 9.84. The lowest BCUT2D eigenvalue weighted by Crippen LogP contribution is -2.38. The average molecular weight is 353 g/mol. The molecular formula is C21H27N3O2. The van der Waals surface area contributed by atoms with Gasteiger partial charge in [0, 0.05) is 49.7 Å². The third-order valence-electron chi connectivity index (χ3n) is 5.81. The van der Waals surface area contributed by atoms with Gasteiger partial charge in [0.15, 0.2) is 0 Å². The summed E-state index contributed by atoms with van der Waals surface area (Å²) >= 11 is 0. The summed E-state index contributed by atoms with van der Waals surface area (Å²) in [7, 11) is 0. The molecule has 2 fully saturated rings. The van der Waals surface area contributed by atoms with Crippen LogP contribution in [0.1, 0.15) is 37.7 Å². The van der Waals surface area contributed by atoms with Crippen molar-refractivity contribution in [2.24, 2.45) is 5.92 Å². The summed E-state index contributed by atoms with van der Waals surface area (Å²) in [6, 6.07) is 8.23. The number of amides is 2. The van der Waals surface area contributed by atoms with Gasteiger partial charge in [0.2, 0.25) is 11.8 Å². The van der Waals surface area contributed by atoms with Crippen LogP contribution >= 0.6 is 0 Å². The van der Waals surface area contributed by atoms with Crippen molar-refractivity contribution in [3.05, 3.63) is 36.0 Å². The summed E-state index contributed by atoms with van der Waals surface area (Å²) in [6.45, 7) is 2.98. The predicted octanol–water partition coefficient (Wildman–Crippen LogP) is 2.96. The molecule has 2 aliphatic rings. The number of aromatic amines is 1. The third-order valence-corrected chi connectivity index (χ3v) is 5.81. The number of fused-ring (bicyclic) bond motifs is 1. The molecule has 4 rings (SSSR count). The fraction of sp³-hybridized carbons (Fsp3) is 0.524. The number of aromatic nitrogens is 1. The highest BCUT2D eigenvalue weighted by molar-refractivity contribution is 5.89. The van der Waals surface area contributed by atoms with Crippen LogP contribution in [-0.2, 0) is 16.0 Å². The van der Waals surface area contributed by atoms with Gasteiger partial charge < -0.3 is 14.8 Å². The summed E-state index contributed by atoms with van der Waals surface area (Å²) in [5.74, 6) is 0.163. The minimum Gasteiger partial charge on any atom is -0.361 e. The van der Waals surface area contributed by atoms with Crippen molar-refractivity contribution in [3.63, 3.8) is 0 Å². The maximum atomic E-state index is 12.8. The van der Waals surface area contributed by atoms with Crippen LogP contribution in [-0.4, -0.2) is 52.8 Å². The third kappa shape index (κ3) is 3.48. The summed E-state index contributed by atoms with van der Waals surface area (Å²) in [5, 5.41) is 1.22. The summed E-state index contributed by atoms with van der Waals surface area (Å²) in [6.07, 6.45) is 7.84. The second-order valence-electron chi connectivity index (χ2n) is 7.59. The predicted molar refractivity (Wildman–Crippen MR) is 102 cm³/mol. The van der Waals surface area contributed by atoms with Crippen LogP contribution in [0.5, 0.6) is 0 Å². The van der Waals surface area contributed by atoms with E-state index in [0.717, 1.165) is 37.9 Å².